The minimum Gasteiger partial charge on any atom is -0.444 e. The number of likely N-dealkylation sites (tertiary alicyclic amines) is 1. The first-order valence-corrected chi connectivity index (χ1v) is 8.71. The zero-order valence-electron chi connectivity index (χ0n) is 15.4. The summed E-state index contributed by atoms with van der Waals surface area (Å²) in [4.78, 5) is 14.1. The Labute approximate surface area is 141 Å². The van der Waals surface area contributed by atoms with Gasteiger partial charge in [-0.3, -0.25) is 0 Å². The number of piperidine rings is 1. The monoisotopic (exact) mass is 329 g/mol. The van der Waals surface area contributed by atoms with E-state index in [9.17, 15) is 4.79 Å². The molecule has 23 heavy (non-hydrogen) atoms. The molecule has 3 N–H and O–H groups in total. The predicted octanol–water partition coefficient (Wildman–Crippen LogP) is 2.12. The maximum Gasteiger partial charge on any atom is 0.410 e. The molecule has 6 nitrogen and oxygen atoms in total. The van der Waals surface area contributed by atoms with E-state index in [-0.39, 0.29) is 12.1 Å². The maximum atomic E-state index is 12.2. The molecule has 0 aromatic rings. The molecule has 0 radical (unpaired) electrons. The summed E-state index contributed by atoms with van der Waals surface area (Å²) in [6.07, 6.45) is 3.67. The van der Waals surface area contributed by atoms with Crippen LogP contribution in [0.4, 0.5) is 4.79 Å². The van der Waals surface area contributed by atoms with Crippen molar-refractivity contribution in [3.8, 4) is 0 Å². The lowest BCUT2D eigenvalue weighted by molar-refractivity contribution is 0.00841. The van der Waals surface area contributed by atoms with Crippen LogP contribution < -0.4 is 11.1 Å². The van der Waals surface area contributed by atoms with Gasteiger partial charge in [0.25, 0.3) is 0 Å². The van der Waals surface area contributed by atoms with Crippen molar-refractivity contribution in [3.05, 3.63) is 0 Å². The molecule has 0 saturated carbocycles. The van der Waals surface area contributed by atoms with E-state index in [2.05, 4.69) is 12.2 Å². The Morgan fingerprint density at radius 2 is 2.13 bits per heavy atom. The molecule has 1 aliphatic rings. The zero-order valence-corrected chi connectivity index (χ0v) is 15.4. The van der Waals surface area contributed by atoms with Crippen molar-refractivity contribution < 1.29 is 14.3 Å². The molecule has 0 aromatic heterocycles. The molecule has 3 atom stereocenters. The van der Waals surface area contributed by atoms with Crippen molar-refractivity contribution in [2.45, 2.75) is 77.1 Å². The van der Waals surface area contributed by atoms with Crippen molar-refractivity contribution in [1.29, 1.82) is 0 Å². The van der Waals surface area contributed by atoms with Crippen LogP contribution in [0.5, 0.6) is 0 Å². The lowest BCUT2D eigenvalue weighted by Gasteiger charge is -2.39. The average Bonchev–Trinajstić information content (AvgIpc) is 2.43. The molecule has 0 bridgehead atoms. The van der Waals surface area contributed by atoms with E-state index in [4.69, 9.17) is 15.2 Å². The standard InChI is InChI=1S/C17H35N3O3/c1-13-11-14(19-15(12-22-5)7-6-9-18)8-10-20(13)16(21)23-17(2,3)4/h13-15,19H,6-12,18H2,1-5H3. The molecule has 1 heterocycles. The molecule has 1 saturated heterocycles. The van der Waals surface area contributed by atoms with Gasteiger partial charge in [-0.2, -0.15) is 0 Å². The number of nitrogens with one attached hydrogen (secondary N) is 1. The maximum absolute atomic E-state index is 12.2. The van der Waals surface area contributed by atoms with E-state index >= 15 is 0 Å². The molecule has 3 unspecified atom stereocenters. The lowest BCUT2D eigenvalue weighted by atomic mass is 9.97. The molecular formula is C17H35N3O3. The van der Waals surface area contributed by atoms with E-state index in [1.165, 1.54) is 0 Å². The molecule has 1 rings (SSSR count). The third kappa shape index (κ3) is 7.50. The van der Waals surface area contributed by atoms with Crippen LogP contribution in [-0.2, 0) is 9.47 Å². The van der Waals surface area contributed by atoms with Gasteiger partial charge in [-0.05, 0) is 59.9 Å². The molecule has 0 aromatic carbocycles. The van der Waals surface area contributed by atoms with Crippen LogP contribution >= 0.6 is 0 Å². The highest BCUT2D eigenvalue weighted by molar-refractivity contribution is 5.68. The summed E-state index contributed by atoms with van der Waals surface area (Å²) in [6, 6.07) is 0.907. The van der Waals surface area contributed by atoms with E-state index in [1.807, 2.05) is 25.7 Å². The minimum atomic E-state index is -0.447. The third-order valence-corrected chi connectivity index (χ3v) is 4.10. The summed E-state index contributed by atoms with van der Waals surface area (Å²) in [5.74, 6) is 0. The first-order chi connectivity index (χ1) is 10.8. The molecule has 1 aliphatic heterocycles. The summed E-state index contributed by atoms with van der Waals surface area (Å²) in [5, 5.41) is 3.67. The van der Waals surface area contributed by atoms with Gasteiger partial charge in [0, 0.05) is 31.8 Å². The van der Waals surface area contributed by atoms with Crippen molar-refractivity contribution in [3.63, 3.8) is 0 Å². The Balaban J connectivity index is 2.48. The number of nitrogens with two attached hydrogens (primary N) is 1. The second-order valence-corrected chi connectivity index (χ2v) is 7.49. The Hall–Kier alpha value is -0.850. The SMILES string of the molecule is COCC(CCCN)NC1CCN(C(=O)OC(C)(C)C)C(C)C1. The molecule has 0 aliphatic carbocycles. The Kier molecular flexibility index (Phi) is 8.29. The second kappa shape index (κ2) is 9.45. The Bertz CT molecular complexity index is 357. The molecule has 1 fully saturated rings. The number of ether oxygens (including phenoxy) is 2. The van der Waals surface area contributed by atoms with Crippen LogP contribution in [0, 0.1) is 0 Å². The van der Waals surface area contributed by atoms with E-state index in [1.54, 1.807) is 7.11 Å². The van der Waals surface area contributed by atoms with Crippen LogP contribution in [0.2, 0.25) is 0 Å². The van der Waals surface area contributed by atoms with Gasteiger partial charge in [-0.25, -0.2) is 4.79 Å². The number of nitrogens with zero attached hydrogens (tertiary/aromatic N) is 1. The second-order valence-electron chi connectivity index (χ2n) is 7.49. The van der Waals surface area contributed by atoms with Crippen molar-refractivity contribution in [2.75, 3.05) is 26.8 Å². The average molecular weight is 329 g/mol. The van der Waals surface area contributed by atoms with Crippen LogP contribution in [0.3, 0.4) is 0 Å². The van der Waals surface area contributed by atoms with E-state index in [0.29, 0.717) is 25.2 Å². The van der Waals surface area contributed by atoms with Crippen LogP contribution in [0.15, 0.2) is 0 Å². The van der Waals surface area contributed by atoms with Crippen molar-refractivity contribution in [2.24, 2.45) is 5.73 Å². The zero-order chi connectivity index (χ0) is 17.5. The van der Waals surface area contributed by atoms with Crippen molar-refractivity contribution >= 4 is 6.09 Å². The fraction of sp³-hybridized carbons (Fsp3) is 0.941. The first-order valence-electron chi connectivity index (χ1n) is 8.71. The van der Waals surface area contributed by atoms with Gasteiger partial charge in [0.2, 0.25) is 0 Å². The van der Waals surface area contributed by atoms with Crippen LogP contribution in [0.1, 0.15) is 53.4 Å². The number of hydrogen-bond acceptors (Lipinski definition) is 5. The van der Waals surface area contributed by atoms with Crippen LogP contribution in [-0.4, -0.2) is 61.5 Å². The summed E-state index contributed by atoms with van der Waals surface area (Å²) >= 11 is 0. The number of amides is 1. The van der Waals surface area contributed by atoms with Gasteiger partial charge in [-0.15, -0.1) is 0 Å². The number of hydrogen-bond donors (Lipinski definition) is 2. The van der Waals surface area contributed by atoms with E-state index < -0.39 is 5.60 Å². The topological polar surface area (TPSA) is 76.8 Å². The molecule has 136 valence electrons. The fourth-order valence-corrected chi connectivity index (χ4v) is 3.03. The Morgan fingerprint density at radius 3 is 2.65 bits per heavy atom. The van der Waals surface area contributed by atoms with E-state index in [0.717, 1.165) is 32.2 Å². The summed E-state index contributed by atoms with van der Waals surface area (Å²) in [7, 11) is 1.73. The lowest BCUT2D eigenvalue weighted by Crippen LogP contribution is -2.53. The van der Waals surface area contributed by atoms with Gasteiger partial charge >= 0.3 is 6.09 Å². The van der Waals surface area contributed by atoms with Gasteiger partial charge in [-0.1, -0.05) is 0 Å². The van der Waals surface area contributed by atoms with Gasteiger partial charge in [0.1, 0.15) is 5.60 Å². The number of carbonyl (C=O) groups excluding carboxylic acids is 1. The smallest absolute Gasteiger partial charge is 0.410 e. The quantitative estimate of drug-likeness (QED) is 0.748. The van der Waals surface area contributed by atoms with Gasteiger partial charge < -0.3 is 25.4 Å². The molecular weight excluding hydrogens is 294 g/mol. The summed E-state index contributed by atoms with van der Waals surface area (Å²) < 4.78 is 10.8. The fourth-order valence-electron chi connectivity index (χ4n) is 3.03. The Morgan fingerprint density at radius 1 is 1.43 bits per heavy atom. The largest absolute Gasteiger partial charge is 0.444 e. The number of rotatable bonds is 7. The normalized spacial score (nSPS) is 23.7. The first kappa shape index (κ1) is 20.2. The van der Waals surface area contributed by atoms with Crippen molar-refractivity contribution in [1.82, 2.24) is 10.2 Å². The summed E-state index contributed by atoms with van der Waals surface area (Å²) in [6.45, 7) is 9.91. The van der Waals surface area contributed by atoms with Gasteiger partial charge in [0.15, 0.2) is 0 Å². The molecule has 6 heteroatoms. The number of carbonyl (C=O) groups is 1. The highest BCUT2D eigenvalue weighted by Crippen LogP contribution is 2.21. The highest BCUT2D eigenvalue weighted by atomic mass is 16.6. The van der Waals surface area contributed by atoms with Gasteiger partial charge in [0.05, 0.1) is 6.61 Å². The third-order valence-electron chi connectivity index (χ3n) is 4.10. The van der Waals surface area contributed by atoms with Crippen LogP contribution in [0.25, 0.3) is 0 Å². The summed E-state index contributed by atoms with van der Waals surface area (Å²) in [5.41, 5.74) is 5.16. The predicted molar refractivity (Wildman–Crippen MR) is 92.5 cm³/mol. The molecule has 1 amide bonds. The molecule has 0 spiro atoms. The minimum absolute atomic E-state index is 0.175. The highest BCUT2D eigenvalue weighted by Gasteiger charge is 2.32. The number of methoxy groups -OCH3 is 1.